The predicted octanol–water partition coefficient (Wildman–Crippen LogP) is -0.763. The number of nitro benzene ring substituents is 1. The van der Waals surface area contributed by atoms with Gasteiger partial charge in [0.25, 0.3) is 5.69 Å². The number of aliphatic hydroxyl groups is 1. The minimum Gasteiger partial charge on any atom is -0.394 e. The summed E-state index contributed by atoms with van der Waals surface area (Å²) in [5.74, 6) is -4.65. The fourth-order valence-corrected chi connectivity index (χ4v) is 4.42. The molecule has 2 rings (SSSR count). The number of carbonyl (C=O) groups is 6. The molecule has 0 bridgehead atoms. The Balaban J connectivity index is 2.11. The Morgan fingerprint density at radius 3 is 1.86 bits per heavy atom. The van der Waals surface area contributed by atoms with E-state index in [4.69, 9.17) is 5.73 Å². The van der Waals surface area contributed by atoms with Crippen LogP contribution in [0.15, 0.2) is 54.6 Å². The summed E-state index contributed by atoms with van der Waals surface area (Å²) in [7, 11) is 0. The number of aliphatic hydroxyl groups excluding tert-OH is 1. The van der Waals surface area contributed by atoms with Crippen LogP contribution in [-0.2, 0) is 35.2 Å². The van der Waals surface area contributed by atoms with Crippen LogP contribution < -0.4 is 37.6 Å². The standard InChI is InChI=1S/C32H44N8O9/c1-5-18(2)27(39-26(42)16-33)32(47)38-25(17-41)31(46)37-24(15-21-9-7-6-8-10-21)30(45)35-19(3)28(43)34-20(4)29(44)36-22-11-13-23(14-12-22)40(48)49/h6-14,18-20,24-25,27,41H,5,15-17,33H2,1-4H3,(H,34,43)(H,35,45)(H,36,44)(H,37,46)(H,38,47)(H,39,42)/t18-,19-,20-,24-,25-,27-/m0/s1. The Morgan fingerprint density at radius 1 is 0.755 bits per heavy atom. The highest BCUT2D eigenvalue weighted by molar-refractivity contribution is 5.99. The quantitative estimate of drug-likeness (QED) is 0.0718. The molecule has 266 valence electrons. The van der Waals surface area contributed by atoms with Crippen molar-refractivity contribution in [3.63, 3.8) is 0 Å². The van der Waals surface area contributed by atoms with Gasteiger partial charge in [-0.3, -0.25) is 38.9 Å². The summed E-state index contributed by atoms with van der Waals surface area (Å²) in [5, 5.41) is 35.8. The van der Waals surface area contributed by atoms with E-state index < -0.39 is 77.2 Å². The Bertz CT molecular complexity index is 1470. The van der Waals surface area contributed by atoms with Crippen LogP contribution in [0.4, 0.5) is 11.4 Å². The fraction of sp³-hybridized carbons (Fsp3) is 0.438. The molecule has 0 aliphatic rings. The maximum Gasteiger partial charge on any atom is 0.269 e. The molecule has 17 nitrogen and oxygen atoms in total. The molecule has 49 heavy (non-hydrogen) atoms. The maximum absolute atomic E-state index is 13.4. The van der Waals surface area contributed by atoms with Gasteiger partial charge in [-0.1, -0.05) is 50.6 Å². The molecule has 6 amide bonds. The van der Waals surface area contributed by atoms with Crippen LogP contribution in [0.5, 0.6) is 0 Å². The first kappa shape index (κ1) is 39.8. The zero-order valence-electron chi connectivity index (χ0n) is 27.7. The van der Waals surface area contributed by atoms with Crippen LogP contribution in [0.1, 0.15) is 39.7 Å². The third-order valence-electron chi connectivity index (χ3n) is 7.58. The van der Waals surface area contributed by atoms with E-state index in [-0.39, 0.29) is 30.3 Å². The van der Waals surface area contributed by atoms with Crippen molar-refractivity contribution in [2.45, 2.75) is 70.7 Å². The van der Waals surface area contributed by atoms with Crippen LogP contribution in [0.2, 0.25) is 0 Å². The Labute approximate surface area is 283 Å². The minimum atomic E-state index is -1.49. The van der Waals surface area contributed by atoms with Gasteiger partial charge < -0.3 is 42.7 Å². The zero-order valence-corrected chi connectivity index (χ0v) is 27.7. The second kappa shape index (κ2) is 19.4. The summed E-state index contributed by atoms with van der Waals surface area (Å²) in [4.78, 5) is 87.4. The molecule has 0 fully saturated rings. The SMILES string of the molecule is CC[C@H](C)[C@H](NC(=O)CN)C(=O)N[C@@H](CO)C(=O)N[C@@H](Cc1ccccc1)C(=O)N[C@@H](C)C(=O)N[C@@H](C)C(=O)Nc1ccc([N+](=O)[O-])cc1. The average molecular weight is 685 g/mol. The molecular formula is C32H44N8O9. The van der Waals surface area contributed by atoms with E-state index in [9.17, 15) is 44.0 Å². The second-order valence-electron chi connectivity index (χ2n) is 11.4. The average Bonchev–Trinajstić information content (AvgIpc) is 3.08. The van der Waals surface area contributed by atoms with Crippen molar-refractivity contribution in [3.05, 3.63) is 70.3 Å². The number of nitrogens with zero attached hydrogens (tertiary/aromatic N) is 1. The number of benzene rings is 2. The summed E-state index contributed by atoms with van der Waals surface area (Å²) >= 11 is 0. The van der Waals surface area contributed by atoms with Crippen molar-refractivity contribution >= 4 is 46.8 Å². The van der Waals surface area contributed by atoms with Crippen LogP contribution in [0.25, 0.3) is 0 Å². The topological polar surface area (TPSA) is 264 Å². The number of hydrogen-bond donors (Lipinski definition) is 8. The molecular weight excluding hydrogens is 640 g/mol. The van der Waals surface area contributed by atoms with Crippen molar-refractivity contribution in [3.8, 4) is 0 Å². The number of rotatable bonds is 18. The Hall–Kier alpha value is -5.42. The molecule has 0 unspecified atom stereocenters. The van der Waals surface area contributed by atoms with Crippen LogP contribution in [0.3, 0.4) is 0 Å². The molecule has 0 heterocycles. The number of carbonyl (C=O) groups excluding carboxylic acids is 6. The van der Waals surface area contributed by atoms with Crippen molar-refractivity contribution in [1.82, 2.24) is 26.6 Å². The lowest BCUT2D eigenvalue weighted by Gasteiger charge is -2.27. The van der Waals surface area contributed by atoms with Crippen LogP contribution in [-0.4, -0.2) is 88.8 Å². The molecule has 0 saturated heterocycles. The van der Waals surface area contributed by atoms with Gasteiger partial charge in [-0.15, -0.1) is 0 Å². The highest BCUT2D eigenvalue weighted by Crippen LogP contribution is 2.15. The van der Waals surface area contributed by atoms with Gasteiger partial charge >= 0.3 is 0 Å². The molecule has 0 aliphatic carbocycles. The first-order valence-electron chi connectivity index (χ1n) is 15.6. The molecule has 6 atom stereocenters. The van der Waals surface area contributed by atoms with Gasteiger partial charge in [0.15, 0.2) is 0 Å². The fourth-order valence-electron chi connectivity index (χ4n) is 4.42. The molecule has 17 heteroatoms. The molecule has 0 aliphatic heterocycles. The van der Waals surface area contributed by atoms with E-state index in [0.29, 0.717) is 12.0 Å². The van der Waals surface area contributed by atoms with Gasteiger partial charge in [-0.05, 0) is 37.5 Å². The van der Waals surface area contributed by atoms with Crippen molar-refractivity contribution < 1.29 is 38.8 Å². The van der Waals surface area contributed by atoms with Crippen molar-refractivity contribution in [2.75, 3.05) is 18.5 Å². The van der Waals surface area contributed by atoms with Gasteiger partial charge in [-0.2, -0.15) is 0 Å². The second-order valence-corrected chi connectivity index (χ2v) is 11.4. The summed E-state index contributed by atoms with van der Waals surface area (Å²) in [6.07, 6.45) is 0.488. The van der Waals surface area contributed by atoms with Gasteiger partial charge in [0.1, 0.15) is 30.2 Å². The van der Waals surface area contributed by atoms with Gasteiger partial charge in [0.05, 0.1) is 18.1 Å². The third-order valence-corrected chi connectivity index (χ3v) is 7.58. The highest BCUT2D eigenvalue weighted by Gasteiger charge is 2.32. The predicted molar refractivity (Wildman–Crippen MR) is 178 cm³/mol. The van der Waals surface area contributed by atoms with Crippen LogP contribution >= 0.6 is 0 Å². The summed E-state index contributed by atoms with van der Waals surface area (Å²) in [6.45, 7) is 5.12. The first-order valence-corrected chi connectivity index (χ1v) is 15.6. The number of amides is 6. The lowest BCUT2D eigenvalue weighted by molar-refractivity contribution is -0.384. The van der Waals surface area contributed by atoms with Gasteiger partial charge in [0.2, 0.25) is 35.4 Å². The van der Waals surface area contributed by atoms with E-state index in [1.807, 2.05) is 0 Å². The Morgan fingerprint density at radius 2 is 1.31 bits per heavy atom. The molecule has 2 aromatic rings. The lowest BCUT2D eigenvalue weighted by atomic mass is 9.98. The van der Waals surface area contributed by atoms with Gasteiger partial charge in [0, 0.05) is 24.2 Å². The molecule has 9 N–H and O–H groups in total. The summed E-state index contributed by atoms with van der Waals surface area (Å²) in [5.41, 5.74) is 6.13. The lowest BCUT2D eigenvalue weighted by Crippen LogP contribution is -2.60. The largest absolute Gasteiger partial charge is 0.394 e. The number of nitrogens with one attached hydrogen (secondary N) is 6. The molecule has 0 aromatic heterocycles. The smallest absolute Gasteiger partial charge is 0.269 e. The summed E-state index contributed by atoms with van der Waals surface area (Å²) < 4.78 is 0. The van der Waals surface area contributed by atoms with Crippen molar-refractivity contribution in [2.24, 2.45) is 11.7 Å². The number of nitrogens with two attached hydrogens (primary N) is 1. The van der Waals surface area contributed by atoms with Gasteiger partial charge in [-0.25, -0.2) is 0 Å². The van der Waals surface area contributed by atoms with E-state index in [2.05, 4.69) is 31.9 Å². The number of non-ortho nitro benzene ring substituents is 1. The summed E-state index contributed by atoms with van der Waals surface area (Å²) in [6, 6.07) is 7.73. The van der Waals surface area contributed by atoms with Crippen molar-refractivity contribution in [1.29, 1.82) is 0 Å². The number of anilines is 1. The maximum atomic E-state index is 13.4. The van der Waals surface area contributed by atoms with E-state index in [1.165, 1.54) is 38.1 Å². The highest BCUT2D eigenvalue weighted by atomic mass is 16.6. The van der Waals surface area contributed by atoms with E-state index in [0.717, 1.165) is 0 Å². The molecule has 0 saturated carbocycles. The monoisotopic (exact) mass is 684 g/mol. The molecule has 2 aromatic carbocycles. The zero-order chi connectivity index (χ0) is 36.7. The normalized spacial score (nSPS) is 14.4. The van der Waals surface area contributed by atoms with E-state index in [1.54, 1.807) is 44.2 Å². The molecule has 0 radical (unpaired) electrons. The number of hydrogen-bond acceptors (Lipinski definition) is 10. The first-order chi connectivity index (χ1) is 23.2. The molecule has 0 spiro atoms. The Kier molecular flexibility index (Phi) is 15.8. The van der Waals surface area contributed by atoms with Crippen LogP contribution in [0, 0.1) is 16.0 Å². The minimum absolute atomic E-state index is 0.0189. The van der Waals surface area contributed by atoms with E-state index >= 15 is 0 Å². The third kappa shape index (κ3) is 12.6. The number of nitro groups is 1.